The first-order chi connectivity index (χ1) is 11.5. The Morgan fingerprint density at radius 3 is 2.46 bits per heavy atom. The van der Waals surface area contributed by atoms with Gasteiger partial charge >= 0.3 is 6.18 Å². The lowest BCUT2D eigenvalue weighted by Gasteiger charge is -2.24. The molecule has 3 N–H and O–H groups in total. The fourth-order valence-electron chi connectivity index (χ4n) is 1.87. The lowest BCUT2D eigenvalue weighted by molar-refractivity contribution is -0.137. The lowest BCUT2D eigenvalue weighted by atomic mass is 10.1. The summed E-state index contributed by atoms with van der Waals surface area (Å²) in [6, 6.07) is 4.55. The van der Waals surface area contributed by atoms with Crippen molar-refractivity contribution in [3.8, 4) is 5.75 Å². The smallest absolute Gasteiger partial charge is 0.416 e. The maximum absolute atomic E-state index is 12.6. The van der Waals surface area contributed by atoms with Crippen molar-refractivity contribution in [1.29, 1.82) is 0 Å². The Kier molecular flexibility index (Phi) is 10.3. The average Bonchev–Trinajstić information content (AvgIpc) is 2.49. The van der Waals surface area contributed by atoms with Crippen molar-refractivity contribution in [3.63, 3.8) is 0 Å². The van der Waals surface area contributed by atoms with Gasteiger partial charge in [-0.2, -0.15) is 13.2 Å². The zero-order chi connectivity index (χ0) is 19.1. The van der Waals surface area contributed by atoms with Gasteiger partial charge in [0.2, 0.25) is 0 Å². The van der Waals surface area contributed by atoms with Gasteiger partial charge in [-0.1, -0.05) is 6.07 Å². The number of nitrogens with one attached hydrogen (secondary N) is 2. The van der Waals surface area contributed by atoms with Crippen LogP contribution in [0, 0.1) is 0 Å². The summed E-state index contributed by atoms with van der Waals surface area (Å²) in [7, 11) is 0. The van der Waals surface area contributed by atoms with Crippen molar-refractivity contribution < 1.29 is 23.0 Å². The molecule has 1 aromatic rings. The number of aliphatic hydroxyl groups is 1. The highest BCUT2D eigenvalue weighted by molar-refractivity contribution is 14.0. The molecule has 26 heavy (non-hydrogen) atoms. The third-order valence-corrected chi connectivity index (χ3v) is 2.90. The second kappa shape index (κ2) is 10.8. The number of ether oxygens (including phenoxy) is 1. The third-order valence-electron chi connectivity index (χ3n) is 2.90. The maximum atomic E-state index is 12.6. The van der Waals surface area contributed by atoms with Gasteiger partial charge in [0.05, 0.1) is 12.1 Å². The van der Waals surface area contributed by atoms with E-state index in [-0.39, 0.29) is 48.4 Å². The second-order valence-electron chi connectivity index (χ2n) is 6.59. The summed E-state index contributed by atoms with van der Waals surface area (Å²) in [5, 5.41) is 16.2. The molecule has 0 spiro atoms. The first-order valence-electron chi connectivity index (χ1n) is 8.06. The molecule has 0 aliphatic rings. The molecule has 0 aliphatic heterocycles. The zero-order valence-corrected chi connectivity index (χ0v) is 17.7. The maximum Gasteiger partial charge on any atom is 0.416 e. The second-order valence-corrected chi connectivity index (χ2v) is 6.59. The average molecular weight is 489 g/mol. The fraction of sp³-hybridized carbons (Fsp3) is 0.588. The number of rotatable bonds is 6. The SMILES string of the molecule is CCNC(=NCC(O)COc1cccc(C(F)(F)F)c1)NC(C)(C)C.I. The number of guanidine groups is 1. The van der Waals surface area contributed by atoms with E-state index in [9.17, 15) is 18.3 Å². The number of nitrogens with zero attached hydrogens (tertiary/aromatic N) is 1. The van der Waals surface area contributed by atoms with Crippen LogP contribution < -0.4 is 15.4 Å². The van der Waals surface area contributed by atoms with Crippen LogP contribution in [0.1, 0.15) is 33.3 Å². The Bertz CT molecular complexity index is 575. The predicted molar refractivity (Wildman–Crippen MR) is 107 cm³/mol. The molecular weight excluding hydrogens is 462 g/mol. The molecule has 0 fully saturated rings. The Morgan fingerprint density at radius 2 is 1.92 bits per heavy atom. The number of hydrogen-bond acceptors (Lipinski definition) is 3. The zero-order valence-electron chi connectivity index (χ0n) is 15.4. The molecule has 1 rings (SSSR count). The molecule has 1 aromatic carbocycles. The van der Waals surface area contributed by atoms with E-state index in [1.165, 1.54) is 12.1 Å². The van der Waals surface area contributed by atoms with Crippen LogP contribution in [0.15, 0.2) is 29.3 Å². The van der Waals surface area contributed by atoms with Gasteiger partial charge in [0.25, 0.3) is 0 Å². The van der Waals surface area contributed by atoms with Crippen molar-refractivity contribution in [2.24, 2.45) is 4.99 Å². The number of halogens is 4. The summed E-state index contributed by atoms with van der Waals surface area (Å²) in [4.78, 5) is 4.25. The quantitative estimate of drug-likeness (QED) is 0.326. The van der Waals surface area contributed by atoms with Crippen LogP contribution in [0.25, 0.3) is 0 Å². The highest BCUT2D eigenvalue weighted by Crippen LogP contribution is 2.31. The molecule has 0 radical (unpaired) electrons. The molecule has 0 aromatic heterocycles. The summed E-state index contributed by atoms with van der Waals surface area (Å²) in [5.41, 5.74) is -0.984. The van der Waals surface area contributed by atoms with Crippen LogP contribution in [-0.2, 0) is 6.18 Å². The van der Waals surface area contributed by atoms with Gasteiger partial charge in [0, 0.05) is 12.1 Å². The highest BCUT2D eigenvalue weighted by Gasteiger charge is 2.30. The first kappa shape index (κ1) is 24.8. The topological polar surface area (TPSA) is 65.9 Å². The van der Waals surface area contributed by atoms with Crippen molar-refractivity contribution in [1.82, 2.24) is 10.6 Å². The standard InChI is InChI=1S/C17H26F3N3O2.HI/c1-5-21-15(23-16(2,3)4)22-10-13(24)11-25-14-8-6-7-12(9-14)17(18,19)20;/h6-9,13,24H,5,10-11H2,1-4H3,(H2,21,22,23);1H. The normalized spacial score (nSPS) is 13.6. The monoisotopic (exact) mass is 489 g/mol. The highest BCUT2D eigenvalue weighted by atomic mass is 127. The summed E-state index contributed by atoms with van der Waals surface area (Å²) in [6.07, 6.45) is -5.37. The van der Waals surface area contributed by atoms with Crippen LogP contribution >= 0.6 is 24.0 Å². The van der Waals surface area contributed by atoms with E-state index < -0.39 is 17.8 Å². The molecule has 1 atom stereocenters. The Hall–Kier alpha value is -1.23. The van der Waals surface area contributed by atoms with Gasteiger partial charge in [-0.15, -0.1) is 24.0 Å². The van der Waals surface area contributed by atoms with E-state index in [0.29, 0.717) is 12.5 Å². The number of aliphatic hydroxyl groups excluding tert-OH is 1. The van der Waals surface area contributed by atoms with E-state index in [1.807, 2.05) is 27.7 Å². The van der Waals surface area contributed by atoms with E-state index in [1.54, 1.807) is 0 Å². The summed E-state index contributed by atoms with van der Waals surface area (Å²) < 4.78 is 43.2. The lowest BCUT2D eigenvalue weighted by Crippen LogP contribution is -2.48. The molecule has 0 saturated carbocycles. The molecule has 0 aliphatic carbocycles. The van der Waals surface area contributed by atoms with E-state index in [4.69, 9.17) is 4.74 Å². The number of hydrogen-bond donors (Lipinski definition) is 3. The molecule has 150 valence electrons. The minimum Gasteiger partial charge on any atom is -0.491 e. The van der Waals surface area contributed by atoms with Crippen molar-refractivity contribution in [3.05, 3.63) is 29.8 Å². The summed E-state index contributed by atoms with van der Waals surface area (Å²) >= 11 is 0. The van der Waals surface area contributed by atoms with E-state index in [2.05, 4.69) is 15.6 Å². The van der Waals surface area contributed by atoms with Gasteiger partial charge < -0.3 is 20.5 Å². The molecular formula is C17H27F3IN3O2. The van der Waals surface area contributed by atoms with Crippen molar-refractivity contribution in [2.45, 2.75) is 45.5 Å². The van der Waals surface area contributed by atoms with Crippen LogP contribution in [0.3, 0.4) is 0 Å². The molecule has 0 heterocycles. The molecule has 0 bridgehead atoms. The van der Waals surface area contributed by atoms with E-state index >= 15 is 0 Å². The van der Waals surface area contributed by atoms with Crippen LogP contribution in [0.5, 0.6) is 5.75 Å². The Morgan fingerprint density at radius 1 is 1.27 bits per heavy atom. The molecule has 9 heteroatoms. The van der Waals surface area contributed by atoms with Crippen LogP contribution in [0.2, 0.25) is 0 Å². The molecule has 0 amide bonds. The van der Waals surface area contributed by atoms with Gasteiger partial charge in [0.15, 0.2) is 5.96 Å². The van der Waals surface area contributed by atoms with Gasteiger partial charge in [0.1, 0.15) is 18.5 Å². The van der Waals surface area contributed by atoms with Gasteiger partial charge in [-0.3, -0.25) is 4.99 Å². The minimum atomic E-state index is -4.43. The van der Waals surface area contributed by atoms with Crippen LogP contribution in [-0.4, -0.2) is 42.4 Å². The molecule has 0 saturated heterocycles. The van der Waals surface area contributed by atoms with Gasteiger partial charge in [-0.05, 0) is 45.9 Å². The van der Waals surface area contributed by atoms with Gasteiger partial charge in [-0.25, -0.2) is 0 Å². The Balaban J connectivity index is 0.00000625. The largest absolute Gasteiger partial charge is 0.491 e. The molecule has 5 nitrogen and oxygen atoms in total. The van der Waals surface area contributed by atoms with Crippen LogP contribution in [0.4, 0.5) is 13.2 Å². The first-order valence-corrected chi connectivity index (χ1v) is 8.06. The predicted octanol–water partition coefficient (Wildman–Crippen LogP) is 3.42. The number of aliphatic imine (C=N–C) groups is 1. The number of benzene rings is 1. The minimum absolute atomic E-state index is 0. The third kappa shape index (κ3) is 10.0. The Labute approximate surface area is 169 Å². The van der Waals surface area contributed by atoms with E-state index in [0.717, 1.165) is 12.1 Å². The summed E-state index contributed by atoms with van der Waals surface area (Å²) in [6.45, 7) is 8.43. The fourth-order valence-corrected chi connectivity index (χ4v) is 1.87. The van der Waals surface area contributed by atoms with Crippen molar-refractivity contribution >= 4 is 29.9 Å². The van der Waals surface area contributed by atoms with Crippen molar-refractivity contribution in [2.75, 3.05) is 19.7 Å². The summed E-state index contributed by atoms with van der Waals surface area (Å²) in [5.74, 6) is 0.602. The number of alkyl halides is 3. The molecule has 1 unspecified atom stereocenters.